The predicted octanol–water partition coefficient (Wildman–Crippen LogP) is 5.72. The van der Waals surface area contributed by atoms with Crippen LogP contribution in [0.4, 0.5) is 0 Å². The zero-order valence-corrected chi connectivity index (χ0v) is 20.9. The summed E-state index contributed by atoms with van der Waals surface area (Å²) in [4.78, 5) is 30.7. The van der Waals surface area contributed by atoms with E-state index < -0.39 is 6.04 Å². The van der Waals surface area contributed by atoms with Crippen LogP contribution in [0, 0.1) is 0 Å². The van der Waals surface area contributed by atoms with Crippen molar-refractivity contribution < 1.29 is 14.3 Å². The molecule has 1 saturated heterocycles. The molecule has 35 heavy (non-hydrogen) atoms. The molecule has 2 heterocycles. The van der Waals surface area contributed by atoms with Crippen LogP contribution in [-0.4, -0.2) is 33.8 Å². The molecule has 0 radical (unpaired) electrons. The molecule has 2 aliphatic heterocycles. The number of allylic oxidation sites excluding steroid dienone is 1. The Morgan fingerprint density at radius 2 is 1.49 bits per heavy atom. The van der Waals surface area contributed by atoms with Gasteiger partial charge < -0.3 is 9.64 Å². The van der Waals surface area contributed by atoms with E-state index in [-0.39, 0.29) is 22.3 Å². The number of likely N-dealkylation sites (N-methyl/N-ethyl adjacent to an activating group) is 1. The highest BCUT2D eigenvalue weighted by molar-refractivity contribution is 8.01. The highest BCUT2D eigenvalue weighted by Crippen LogP contribution is 2.49. The Bertz CT molecular complexity index is 1260. The molecule has 3 aromatic carbocycles. The average molecular weight is 485 g/mol. The van der Waals surface area contributed by atoms with E-state index in [1.165, 1.54) is 0 Å². The number of carbonyl (C=O) groups excluding carboxylic acids is 2. The molecule has 0 N–H and O–H groups in total. The second-order valence-electron chi connectivity index (χ2n) is 8.90. The van der Waals surface area contributed by atoms with E-state index in [4.69, 9.17) is 4.74 Å². The second-order valence-corrected chi connectivity index (χ2v) is 10.3. The Morgan fingerprint density at radius 3 is 2.14 bits per heavy atom. The van der Waals surface area contributed by atoms with Crippen molar-refractivity contribution in [1.82, 2.24) is 9.80 Å². The van der Waals surface area contributed by atoms with Crippen LogP contribution < -0.4 is 4.74 Å². The molecule has 3 aromatic rings. The maximum absolute atomic E-state index is 13.7. The van der Waals surface area contributed by atoms with Crippen LogP contribution in [0.3, 0.4) is 0 Å². The lowest BCUT2D eigenvalue weighted by Crippen LogP contribution is -2.33. The molecule has 0 aliphatic carbocycles. The number of ether oxygens (including phenoxy) is 1. The van der Waals surface area contributed by atoms with E-state index in [0.717, 1.165) is 28.1 Å². The van der Waals surface area contributed by atoms with Crippen molar-refractivity contribution in [3.63, 3.8) is 0 Å². The van der Waals surface area contributed by atoms with Gasteiger partial charge in [-0.15, -0.1) is 11.8 Å². The summed E-state index contributed by atoms with van der Waals surface area (Å²) in [6, 6.07) is 27.2. The van der Waals surface area contributed by atoms with Crippen molar-refractivity contribution in [3.8, 4) is 5.75 Å². The van der Waals surface area contributed by atoms with Crippen LogP contribution in [0.15, 0.2) is 96.3 Å². The number of hydrogen-bond donors (Lipinski definition) is 0. The van der Waals surface area contributed by atoms with E-state index in [9.17, 15) is 9.59 Å². The maximum atomic E-state index is 13.7. The van der Waals surface area contributed by atoms with Gasteiger partial charge in [-0.25, -0.2) is 0 Å². The van der Waals surface area contributed by atoms with Gasteiger partial charge in [-0.3, -0.25) is 14.5 Å². The third kappa shape index (κ3) is 4.34. The van der Waals surface area contributed by atoms with Gasteiger partial charge >= 0.3 is 0 Å². The molecule has 0 bridgehead atoms. The smallest absolute Gasteiger partial charge is 0.241 e. The van der Waals surface area contributed by atoms with Crippen molar-refractivity contribution in [2.45, 2.75) is 37.1 Å². The summed E-state index contributed by atoms with van der Waals surface area (Å²) in [5.41, 5.74) is 4.32. The Morgan fingerprint density at radius 1 is 0.857 bits per heavy atom. The van der Waals surface area contributed by atoms with E-state index in [2.05, 4.69) is 0 Å². The van der Waals surface area contributed by atoms with Crippen LogP contribution in [0.5, 0.6) is 5.75 Å². The first kappa shape index (κ1) is 23.2. The van der Waals surface area contributed by atoms with Gasteiger partial charge in [0.25, 0.3) is 0 Å². The predicted molar refractivity (Wildman–Crippen MR) is 139 cm³/mol. The molecule has 6 heteroatoms. The standard InChI is InChI=1S/C29H28N2O3S/c1-19-25(27(32)26(30(19)3)22-12-8-5-9-13-22)31-28(33)20(2)35-29(31)23-14-16-24(17-15-23)34-18-21-10-6-4-7-11-21/h4-17,20,26,29H,18H2,1-3H3. The molecule has 3 atom stereocenters. The fourth-order valence-electron chi connectivity index (χ4n) is 4.70. The fourth-order valence-corrected chi connectivity index (χ4v) is 5.96. The number of carbonyl (C=O) groups is 2. The molecule has 0 aromatic heterocycles. The van der Waals surface area contributed by atoms with Gasteiger partial charge in [0.2, 0.25) is 11.7 Å². The monoisotopic (exact) mass is 484 g/mol. The van der Waals surface area contributed by atoms with Crippen molar-refractivity contribution in [3.05, 3.63) is 113 Å². The summed E-state index contributed by atoms with van der Waals surface area (Å²) < 4.78 is 5.93. The first-order chi connectivity index (χ1) is 17.0. The van der Waals surface area contributed by atoms with E-state index in [0.29, 0.717) is 12.3 Å². The lowest BCUT2D eigenvalue weighted by molar-refractivity contribution is -0.131. The highest BCUT2D eigenvalue weighted by Gasteiger charge is 2.48. The number of ketones is 1. The van der Waals surface area contributed by atoms with Crippen molar-refractivity contribution in [1.29, 1.82) is 0 Å². The third-order valence-electron chi connectivity index (χ3n) is 6.66. The zero-order chi connectivity index (χ0) is 24.5. The van der Waals surface area contributed by atoms with Crippen molar-refractivity contribution in [2.24, 2.45) is 0 Å². The lowest BCUT2D eigenvalue weighted by atomic mass is 10.0. The minimum atomic E-state index is -0.422. The summed E-state index contributed by atoms with van der Waals surface area (Å²) in [6.07, 6.45) is 0. The van der Waals surface area contributed by atoms with Crippen LogP contribution in [0.25, 0.3) is 0 Å². The quantitative estimate of drug-likeness (QED) is 0.448. The maximum Gasteiger partial charge on any atom is 0.241 e. The summed E-state index contributed by atoms with van der Waals surface area (Å²) >= 11 is 1.57. The summed E-state index contributed by atoms with van der Waals surface area (Å²) in [5.74, 6) is 0.698. The Kier molecular flexibility index (Phi) is 6.39. The highest BCUT2D eigenvalue weighted by atomic mass is 32.2. The first-order valence-corrected chi connectivity index (χ1v) is 12.7. The molecule has 1 fully saturated rings. The Labute approximate surface area is 210 Å². The van der Waals surface area contributed by atoms with Crippen LogP contribution >= 0.6 is 11.8 Å². The normalized spacial score (nSPS) is 22.3. The molecule has 2 aliphatic rings. The van der Waals surface area contributed by atoms with Gasteiger partial charge in [-0.05, 0) is 42.7 Å². The van der Waals surface area contributed by atoms with Gasteiger partial charge in [0, 0.05) is 12.7 Å². The van der Waals surface area contributed by atoms with Crippen LogP contribution in [0.1, 0.15) is 42.0 Å². The lowest BCUT2D eigenvalue weighted by Gasteiger charge is -2.25. The van der Waals surface area contributed by atoms with Gasteiger partial charge in [-0.2, -0.15) is 0 Å². The number of thioether (sulfide) groups is 1. The largest absolute Gasteiger partial charge is 0.489 e. The topological polar surface area (TPSA) is 49.9 Å². The number of benzene rings is 3. The van der Waals surface area contributed by atoms with E-state index in [1.54, 1.807) is 16.7 Å². The Hall–Kier alpha value is -3.51. The van der Waals surface area contributed by atoms with Gasteiger partial charge in [-0.1, -0.05) is 72.8 Å². The molecule has 1 amide bonds. The van der Waals surface area contributed by atoms with Crippen molar-refractivity contribution >= 4 is 23.5 Å². The molecule has 5 rings (SSSR count). The number of Topliss-reactive ketones (excluding diaryl/α,β-unsaturated/α-hetero) is 1. The van der Waals surface area contributed by atoms with Gasteiger partial charge in [0.1, 0.15) is 29.5 Å². The molecular formula is C29H28N2O3S. The summed E-state index contributed by atoms with van der Waals surface area (Å²) in [7, 11) is 1.92. The minimum absolute atomic E-state index is 0.0331. The second kappa shape index (κ2) is 9.62. The number of nitrogens with zero attached hydrogens (tertiary/aromatic N) is 2. The fraction of sp³-hybridized carbons (Fsp3) is 0.241. The van der Waals surface area contributed by atoms with Gasteiger partial charge in [0.05, 0.1) is 5.25 Å². The summed E-state index contributed by atoms with van der Waals surface area (Å²) in [6.45, 7) is 4.33. The SMILES string of the molecule is CC1=C(N2C(=O)C(C)SC2c2ccc(OCc3ccccc3)cc2)C(=O)C(c2ccccc2)N1C. The van der Waals surface area contributed by atoms with E-state index >= 15 is 0 Å². The zero-order valence-electron chi connectivity index (χ0n) is 20.0. The molecular weight excluding hydrogens is 456 g/mol. The number of amides is 1. The molecule has 0 saturated carbocycles. The molecule has 0 spiro atoms. The minimum Gasteiger partial charge on any atom is -0.489 e. The molecule has 178 valence electrons. The number of hydrogen-bond acceptors (Lipinski definition) is 5. The average Bonchev–Trinajstić information content (AvgIpc) is 3.29. The van der Waals surface area contributed by atoms with Crippen LogP contribution in [-0.2, 0) is 16.2 Å². The molecule has 3 unspecified atom stereocenters. The molecule has 5 nitrogen and oxygen atoms in total. The summed E-state index contributed by atoms with van der Waals surface area (Å²) in [5, 5.41) is -0.499. The Balaban J connectivity index is 1.40. The van der Waals surface area contributed by atoms with E-state index in [1.807, 2.05) is 111 Å². The van der Waals surface area contributed by atoms with Crippen LogP contribution in [0.2, 0.25) is 0 Å². The van der Waals surface area contributed by atoms with Gasteiger partial charge in [0.15, 0.2) is 0 Å². The third-order valence-corrected chi connectivity index (χ3v) is 8.01. The number of rotatable bonds is 6. The first-order valence-electron chi connectivity index (χ1n) is 11.7. The van der Waals surface area contributed by atoms with Crippen molar-refractivity contribution in [2.75, 3.05) is 7.05 Å².